The molecule has 2 saturated heterocycles. The van der Waals surface area contributed by atoms with Crippen LogP contribution in [0.25, 0.3) is 0 Å². The number of ether oxygens (including phenoxy) is 2. The molecule has 2 aromatic heterocycles. The van der Waals surface area contributed by atoms with E-state index in [1.807, 2.05) is 32.6 Å². The molecule has 2 aliphatic heterocycles. The highest BCUT2D eigenvalue weighted by Crippen LogP contribution is 2.33. The zero-order valence-electron chi connectivity index (χ0n) is 34.3. The van der Waals surface area contributed by atoms with Gasteiger partial charge in [0.1, 0.15) is 18.4 Å². The van der Waals surface area contributed by atoms with E-state index in [-0.39, 0.29) is 68.0 Å². The third-order valence-electron chi connectivity index (χ3n) is 9.45. The second-order valence-corrected chi connectivity index (χ2v) is 15.3. The molecular formula is C40H56F8N4O7. The van der Waals surface area contributed by atoms with Crippen molar-refractivity contribution < 1.29 is 59.0 Å². The van der Waals surface area contributed by atoms with Crippen LogP contribution < -0.4 is 16.4 Å². The number of hydrogen-bond donors (Lipinski definition) is 1. The molecule has 11 nitrogen and oxygen atoms in total. The maximum Gasteiger partial charge on any atom is 0.416 e. The normalized spacial score (nSPS) is 15.9. The molecule has 4 rings (SSSR count). The second kappa shape index (κ2) is 23.6. The lowest BCUT2D eigenvalue weighted by molar-refractivity contribution is -0.148. The van der Waals surface area contributed by atoms with Crippen molar-refractivity contribution in [2.45, 2.75) is 91.7 Å². The second-order valence-electron chi connectivity index (χ2n) is 15.3. The Labute approximate surface area is 338 Å². The molecule has 0 bridgehead atoms. The summed E-state index contributed by atoms with van der Waals surface area (Å²) < 4.78 is 115. The Bertz CT molecular complexity index is 1770. The van der Waals surface area contributed by atoms with Crippen LogP contribution in [0.3, 0.4) is 0 Å². The van der Waals surface area contributed by atoms with Gasteiger partial charge < -0.3 is 33.6 Å². The third-order valence-corrected chi connectivity index (χ3v) is 9.45. The van der Waals surface area contributed by atoms with Gasteiger partial charge >= 0.3 is 24.3 Å². The van der Waals surface area contributed by atoms with Crippen molar-refractivity contribution in [3.05, 3.63) is 67.5 Å². The predicted molar refractivity (Wildman–Crippen MR) is 203 cm³/mol. The molecule has 4 heterocycles. The number of nitrogens with one attached hydrogen (secondary N) is 1. The lowest BCUT2D eigenvalue weighted by Crippen LogP contribution is -2.48. The molecule has 334 valence electrons. The molecule has 0 aliphatic carbocycles. The van der Waals surface area contributed by atoms with Crippen LogP contribution in [0.1, 0.15) is 88.7 Å². The highest BCUT2D eigenvalue weighted by atomic mass is 19.4. The fourth-order valence-corrected chi connectivity index (χ4v) is 6.36. The first-order valence-electron chi connectivity index (χ1n) is 19.6. The van der Waals surface area contributed by atoms with Crippen molar-refractivity contribution in [1.29, 1.82) is 0 Å². The number of rotatable bonds is 17. The van der Waals surface area contributed by atoms with Crippen molar-refractivity contribution in [1.82, 2.24) is 19.4 Å². The minimum atomic E-state index is -4.76. The largest absolute Gasteiger partial charge is 0.464 e. The van der Waals surface area contributed by atoms with Gasteiger partial charge in [-0.05, 0) is 56.1 Å². The van der Waals surface area contributed by atoms with Crippen molar-refractivity contribution in [2.24, 2.45) is 23.7 Å². The van der Waals surface area contributed by atoms with E-state index in [1.54, 1.807) is 13.8 Å². The first kappa shape index (κ1) is 51.0. The predicted octanol–water partition coefficient (Wildman–Crippen LogP) is 6.40. The number of carbonyl (C=O) groups excluding carboxylic acids is 3. The zero-order valence-corrected chi connectivity index (χ0v) is 34.3. The Hall–Kier alpha value is -4.13. The highest BCUT2D eigenvalue weighted by molar-refractivity contribution is 5.74. The molecule has 1 N–H and O–H groups in total. The molecule has 19 heteroatoms. The maximum atomic E-state index is 13.5. The molecule has 59 heavy (non-hydrogen) atoms. The van der Waals surface area contributed by atoms with Gasteiger partial charge in [0.25, 0.3) is 11.1 Å². The summed E-state index contributed by atoms with van der Waals surface area (Å²) in [5, 5.41) is 2.97. The van der Waals surface area contributed by atoms with Crippen LogP contribution in [0.4, 0.5) is 35.1 Å². The number of carbonyl (C=O) groups is 3. The number of alkyl halides is 8. The SMILES string of the molecule is CCOC(=O)C(CC(C)C)n1cc(CC=O)c(C(F)(F)F)cc1=O.CCOC(=O)C(CC(C)C)n1cc(CCN2CC(CF)C2)c(C(F)(F)F)cc1=O.FCC1CNC1. The molecule has 0 spiro atoms. The fourth-order valence-electron chi connectivity index (χ4n) is 6.36. The van der Waals surface area contributed by atoms with E-state index in [1.165, 1.54) is 0 Å². The van der Waals surface area contributed by atoms with Crippen LogP contribution in [0.15, 0.2) is 34.1 Å². The average Bonchev–Trinajstić information content (AvgIpc) is 3.09. The smallest absolute Gasteiger partial charge is 0.416 e. The molecule has 2 aliphatic rings. The summed E-state index contributed by atoms with van der Waals surface area (Å²) in [5.41, 5.74) is -4.41. The standard InChI is InChI=1S/C20H28F4N2O3.C16H20F3NO4.C4H8FN/c1-4-29-19(28)17(7-13(2)3)26-12-15(5-6-25-10-14(9-21)11-25)16(8-18(26)27)20(22,23)24;1-4-24-15(23)13(7-10(2)3)20-9-11(5-6-21)12(8-14(20)22)16(17,18)19;5-1-4-2-6-3-4/h8,12-14,17H,4-7,9-11H2,1-3H3;6,8-10,13H,4-5,7H2,1-3H3;4,6H,1-3H2. The van der Waals surface area contributed by atoms with Gasteiger partial charge in [-0.3, -0.25) is 18.4 Å². The van der Waals surface area contributed by atoms with E-state index < -0.39 is 71.7 Å². The quantitative estimate of drug-likeness (QED) is 0.109. The number of esters is 2. The number of hydrogen-bond acceptors (Lipinski definition) is 9. The van der Waals surface area contributed by atoms with Crippen LogP contribution in [-0.4, -0.2) is 91.5 Å². The summed E-state index contributed by atoms with van der Waals surface area (Å²) in [5.74, 6) is -1.02. The van der Waals surface area contributed by atoms with E-state index in [0.29, 0.717) is 44.0 Å². The summed E-state index contributed by atoms with van der Waals surface area (Å²) in [6.07, 6.45) is -7.00. The van der Waals surface area contributed by atoms with Crippen LogP contribution in [0, 0.1) is 23.7 Å². The molecule has 0 saturated carbocycles. The monoisotopic (exact) mass is 856 g/mol. The van der Waals surface area contributed by atoms with Crippen LogP contribution in [-0.2, 0) is 49.1 Å². The maximum absolute atomic E-state index is 13.5. The lowest BCUT2D eigenvalue weighted by Gasteiger charge is -2.37. The Kier molecular flexibility index (Phi) is 20.4. The van der Waals surface area contributed by atoms with E-state index in [9.17, 15) is 59.1 Å². The van der Waals surface area contributed by atoms with Crippen LogP contribution in [0.5, 0.6) is 0 Å². The number of likely N-dealkylation sites (tertiary alicyclic amines) is 1. The van der Waals surface area contributed by atoms with Crippen molar-refractivity contribution in [2.75, 3.05) is 59.3 Å². The Morgan fingerprint density at radius 1 is 0.763 bits per heavy atom. The first-order valence-corrected chi connectivity index (χ1v) is 19.6. The van der Waals surface area contributed by atoms with E-state index in [0.717, 1.165) is 34.6 Å². The van der Waals surface area contributed by atoms with Gasteiger partial charge in [-0.1, -0.05) is 27.7 Å². The summed E-state index contributed by atoms with van der Waals surface area (Å²) >= 11 is 0. The lowest BCUT2D eigenvalue weighted by atomic mass is 9.99. The molecule has 2 atom stereocenters. The Balaban J connectivity index is 0.000000360. The molecular weight excluding hydrogens is 800 g/mol. The summed E-state index contributed by atoms with van der Waals surface area (Å²) in [7, 11) is 0. The van der Waals surface area contributed by atoms with Gasteiger partial charge in [-0.25, -0.2) is 9.59 Å². The first-order chi connectivity index (χ1) is 27.6. The van der Waals surface area contributed by atoms with E-state index >= 15 is 0 Å². The van der Waals surface area contributed by atoms with Crippen LogP contribution in [0.2, 0.25) is 0 Å². The van der Waals surface area contributed by atoms with Gasteiger partial charge in [0.2, 0.25) is 0 Å². The highest BCUT2D eigenvalue weighted by Gasteiger charge is 2.37. The summed E-state index contributed by atoms with van der Waals surface area (Å²) in [6.45, 7) is 13.3. The molecule has 0 amide bonds. The number of halogens is 8. The number of aldehydes is 1. The summed E-state index contributed by atoms with van der Waals surface area (Å²) in [6, 6.07) is -1.04. The number of nitrogens with zero attached hydrogens (tertiary/aromatic N) is 3. The third kappa shape index (κ3) is 15.8. The average molecular weight is 857 g/mol. The van der Waals surface area contributed by atoms with Crippen molar-refractivity contribution in [3.8, 4) is 0 Å². The molecule has 0 aromatic carbocycles. The van der Waals surface area contributed by atoms with Crippen LogP contribution >= 0.6 is 0 Å². The zero-order chi connectivity index (χ0) is 44.7. The molecule has 2 aromatic rings. The van der Waals surface area contributed by atoms with Crippen molar-refractivity contribution in [3.63, 3.8) is 0 Å². The minimum absolute atomic E-state index is 0.00289. The van der Waals surface area contributed by atoms with E-state index in [2.05, 4.69) is 5.32 Å². The number of pyridine rings is 2. The number of aromatic nitrogens is 2. The van der Waals surface area contributed by atoms with Gasteiger partial charge in [0.05, 0.1) is 37.7 Å². The summed E-state index contributed by atoms with van der Waals surface area (Å²) in [4.78, 5) is 61.6. The van der Waals surface area contributed by atoms with Gasteiger partial charge in [0.15, 0.2) is 0 Å². The minimum Gasteiger partial charge on any atom is -0.464 e. The van der Waals surface area contributed by atoms with Gasteiger partial charge in [-0.2, -0.15) is 26.3 Å². The molecule has 2 fully saturated rings. The topological polar surface area (TPSA) is 129 Å². The molecule has 0 radical (unpaired) electrons. The van der Waals surface area contributed by atoms with Gasteiger partial charge in [0, 0.05) is 75.5 Å². The van der Waals surface area contributed by atoms with Crippen molar-refractivity contribution >= 4 is 18.2 Å². The van der Waals surface area contributed by atoms with E-state index in [4.69, 9.17) is 9.47 Å². The van der Waals surface area contributed by atoms with Gasteiger partial charge in [-0.15, -0.1) is 0 Å². The molecule has 2 unspecified atom stereocenters. The Morgan fingerprint density at radius 2 is 1.19 bits per heavy atom. The fraction of sp³-hybridized carbons (Fsp3) is 0.675. The Morgan fingerprint density at radius 3 is 1.51 bits per heavy atom.